The van der Waals surface area contributed by atoms with Crippen molar-refractivity contribution in [3.63, 3.8) is 0 Å². The molecule has 0 N–H and O–H groups in total. The molecule has 0 saturated carbocycles. The van der Waals surface area contributed by atoms with E-state index in [1.165, 1.54) is 42.5 Å². The van der Waals surface area contributed by atoms with Crippen molar-refractivity contribution in [3.05, 3.63) is 71.8 Å². The van der Waals surface area contributed by atoms with Crippen LogP contribution in [0, 0.1) is 11.6 Å². The number of fused-ring (bicyclic) bond motifs is 1. The van der Waals surface area contributed by atoms with Crippen molar-refractivity contribution in [2.24, 2.45) is 0 Å². The number of anilines is 2. The number of benzene rings is 3. The Morgan fingerprint density at radius 3 is 2.31 bits per heavy atom. The van der Waals surface area contributed by atoms with Crippen LogP contribution in [-0.2, 0) is 6.54 Å². The predicted molar refractivity (Wildman–Crippen MR) is 119 cm³/mol. The van der Waals surface area contributed by atoms with Gasteiger partial charge in [0, 0.05) is 23.8 Å². The summed E-state index contributed by atoms with van der Waals surface area (Å²) in [7, 11) is 4.37. The van der Waals surface area contributed by atoms with E-state index in [0.717, 1.165) is 17.0 Å². The minimum atomic E-state index is -0.789. The third-order valence-corrected chi connectivity index (χ3v) is 6.10. The summed E-state index contributed by atoms with van der Waals surface area (Å²) in [5.41, 5.74) is 1.25. The molecule has 1 heterocycles. The Balaban J connectivity index is 1.77. The fourth-order valence-corrected chi connectivity index (χ4v) is 4.45. The largest absolute Gasteiger partial charge is 0.496 e. The van der Waals surface area contributed by atoms with E-state index in [1.807, 2.05) is 12.1 Å². The lowest BCUT2D eigenvalue weighted by Crippen LogP contribution is -2.43. The molecule has 0 atom stereocenters. The van der Waals surface area contributed by atoms with Gasteiger partial charge in [-0.1, -0.05) is 12.1 Å². The molecule has 0 radical (unpaired) electrons. The molecule has 0 saturated heterocycles. The number of carbonyl (C=O) groups excluding carboxylic acids is 1. The van der Waals surface area contributed by atoms with Gasteiger partial charge in [-0.2, -0.15) is 0 Å². The highest BCUT2D eigenvalue weighted by Gasteiger charge is 2.34. The second kappa shape index (κ2) is 8.96. The average molecular weight is 458 g/mol. The number of hydrogen-bond donors (Lipinski definition) is 0. The van der Waals surface area contributed by atoms with Crippen LogP contribution in [-0.4, -0.2) is 27.4 Å². The van der Waals surface area contributed by atoms with Gasteiger partial charge < -0.3 is 14.2 Å². The van der Waals surface area contributed by atoms with Gasteiger partial charge >= 0.3 is 6.03 Å². The van der Waals surface area contributed by atoms with E-state index in [1.54, 1.807) is 30.3 Å². The summed E-state index contributed by atoms with van der Waals surface area (Å²) in [6.07, 6.45) is 0. The number of methoxy groups -OCH3 is 3. The Labute approximate surface area is 188 Å². The number of hydrogen-bond acceptors (Lipinski definition) is 5. The third kappa shape index (κ3) is 3.91. The molecule has 4 rings (SSSR count). The van der Waals surface area contributed by atoms with E-state index in [4.69, 9.17) is 14.2 Å². The van der Waals surface area contributed by atoms with Crippen LogP contribution in [0.1, 0.15) is 5.56 Å². The van der Waals surface area contributed by atoms with Crippen LogP contribution in [0.2, 0.25) is 0 Å². The van der Waals surface area contributed by atoms with Crippen LogP contribution in [0.15, 0.2) is 59.5 Å². The average Bonchev–Trinajstić information content (AvgIpc) is 2.81. The monoisotopic (exact) mass is 458 g/mol. The molecule has 6 nitrogen and oxygen atoms in total. The number of urea groups is 1. The van der Waals surface area contributed by atoms with E-state index in [2.05, 4.69) is 0 Å². The molecule has 0 aliphatic carbocycles. The Hall–Kier alpha value is -3.46. The minimum absolute atomic E-state index is 0.0312. The normalized spacial score (nSPS) is 13.1. The summed E-state index contributed by atoms with van der Waals surface area (Å²) in [4.78, 5) is 15.8. The second-order valence-corrected chi connectivity index (χ2v) is 7.82. The van der Waals surface area contributed by atoms with E-state index in [0.29, 0.717) is 22.9 Å². The van der Waals surface area contributed by atoms with Crippen molar-refractivity contribution in [2.75, 3.05) is 30.5 Å². The first-order valence-electron chi connectivity index (χ1n) is 9.59. The van der Waals surface area contributed by atoms with Crippen LogP contribution in [0.25, 0.3) is 0 Å². The summed E-state index contributed by atoms with van der Waals surface area (Å²) in [5, 5.41) is 0. The molecule has 0 fully saturated rings. The van der Waals surface area contributed by atoms with Gasteiger partial charge in [0.05, 0.1) is 44.1 Å². The minimum Gasteiger partial charge on any atom is -0.496 e. The second-order valence-electron chi connectivity index (χ2n) is 6.83. The Morgan fingerprint density at radius 1 is 0.875 bits per heavy atom. The number of halogens is 2. The molecule has 0 aromatic heterocycles. The first-order chi connectivity index (χ1) is 15.5. The fraction of sp³-hybridized carbons (Fsp3) is 0.174. The molecule has 1 aliphatic heterocycles. The van der Waals surface area contributed by atoms with Crippen LogP contribution in [0.4, 0.5) is 25.0 Å². The number of ether oxygens (including phenoxy) is 3. The molecular formula is C23H20F2N2O4S. The molecule has 166 valence electrons. The van der Waals surface area contributed by atoms with Gasteiger partial charge in [0.1, 0.15) is 17.4 Å². The van der Waals surface area contributed by atoms with Gasteiger partial charge in [-0.05, 0) is 36.2 Å². The van der Waals surface area contributed by atoms with E-state index >= 15 is 0 Å². The SMILES string of the molecule is COc1ccc(N2Sc3ccccc3N(Cc3c(F)cc(F)cc3OC)C2=O)cc1OC. The lowest BCUT2D eigenvalue weighted by atomic mass is 10.1. The highest BCUT2D eigenvalue weighted by molar-refractivity contribution is 8.01. The van der Waals surface area contributed by atoms with Gasteiger partial charge in [0.2, 0.25) is 0 Å². The van der Waals surface area contributed by atoms with Gasteiger partial charge in [0.15, 0.2) is 11.5 Å². The summed E-state index contributed by atoms with van der Waals surface area (Å²) >= 11 is 1.24. The molecule has 2 amide bonds. The standard InChI is InChI=1S/C23H20F2N2O4S/c1-29-19-9-8-15(12-21(19)31-3)27-23(28)26(18-6-4-5-7-22(18)32-27)13-16-17(25)10-14(24)11-20(16)30-2/h4-12H,13H2,1-3H3. The van der Waals surface area contributed by atoms with Crippen molar-refractivity contribution in [2.45, 2.75) is 11.4 Å². The van der Waals surface area contributed by atoms with Gasteiger partial charge in [0.25, 0.3) is 0 Å². The Bertz CT molecular complexity index is 1170. The summed E-state index contributed by atoms with van der Waals surface area (Å²) in [5.74, 6) is -0.515. The Morgan fingerprint density at radius 2 is 1.59 bits per heavy atom. The van der Waals surface area contributed by atoms with E-state index in [9.17, 15) is 13.6 Å². The maximum Gasteiger partial charge on any atom is 0.339 e. The number of carbonyl (C=O) groups is 1. The van der Waals surface area contributed by atoms with E-state index < -0.39 is 17.7 Å². The number of rotatable bonds is 6. The quantitative estimate of drug-likeness (QED) is 0.447. The molecule has 1 aliphatic rings. The van der Waals surface area contributed by atoms with Crippen LogP contribution < -0.4 is 23.4 Å². The summed E-state index contributed by atoms with van der Waals surface area (Å²) < 4.78 is 45.6. The number of nitrogens with zero attached hydrogens (tertiary/aromatic N) is 2. The molecular weight excluding hydrogens is 438 g/mol. The van der Waals surface area contributed by atoms with Gasteiger partial charge in [-0.15, -0.1) is 0 Å². The lowest BCUT2D eigenvalue weighted by Gasteiger charge is -2.36. The molecule has 0 unspecified atom stereocenters. The number of amides is 2. The molecule has 3 aromatic carbocycles. The van der Waals surface area contributed by atoms with Crippen LogP contribution in [0.3, 0.4) is 0 Å². The van der Waals surface area contributed by atoms with Crippen molar-refractivity contribution >= 4 is 29.4 Å². The summed E-state index contributed by atoms with van der Waals surface area (Å²) in [6, 6.07) is 13.9. The van der Waals surface area contributed by atoms with Crippen molar-refractivity contribution < 1.29 is 27.8 Å². The fourth-order valence-electron chi connectivity index (χ4n) is 3.45. The maximum absolute atomic E-state index is 14.7. The van der Waals surface area contributed by atoms with E-state index in [-0.39, 0.29) is 17.9 Å². The highest BCUT2D eigenvalue weighted by Crippen LogP contribution is 2.44. The first kappa shape index (κ1) is 21.8. The Kier molecular flexibility index (Phi) is 6.09. The first-order valence-corrected chi connectivity index (χ1v) is 10.4. The summed E-state index contributed by atoms with van der Waals surface area (Å²) in [6.45, 7) is -0.143. The highest BCUT2D eigenvalue weighted by atomic mass is 32.2. The number of para-hydroxylation sites is 1. The zero-order chi connectivity index (χ0) is 22.8. The zero-order valence-corrected chi connectivity index (χ0v) is 18.4. The molecule has 0 spiro atoms. The smallest absolute Gasteiger partial charge is 0.339 e. The van der Waals surface area contributed by atoms with Crippen molar-refractivity contribution in [1.82, 2.24) is 0 Å². The van der Waals surface area contributed by atoms with Gasteiger partial charge in [-0.25, -0.2) is 17.9 Å². The third-order valence-electron chi connectivity index (χ3n) is 5.01. The van der Waals surface area contributed by atoms with Crippen molar-refractivity contribution in [3.8, 4) is 17.2 Å². The van der Waals surface area contributed by atoms with Crippen LogP contribution >= 0.6 is 11.9 Å². The van der Waals surface area contributed by atoms with Crippen molar-refractivity contribution in [1.29, 1.82) is 0 Å². The predicted octanol–water partition coefficient (Wildman–Crippen LogP) is 5.64. The lowest BCUT2D eigenvalue weighted by molar-refractivity contribution is 0.254. The topological polar surface area (TPSA) is 51.2 Å². The maximum atomic E-state index is 14.7. The molecule has 3 aromatic rings. The molecule has 32 heavy (non-hydrogen) atoms. The zero-order valence-electron chi connectivity index (χ0n) is 17.6. The van der Waals surface area contributed by atoms with Gasteiger partial charge in [-0.3, -0.25) is 4.90 Å². The molecule has 9 heteroatoms. The van der Waals surface area contributed by atoms with Crippen LogP contribution in [0.5, 0.6) is 17.2 Å². The molecule has 0 bridgehead atoms.